The predicted molar refractivity (Wildman–Crippen MR) is 92.0 cm³/mol. The van der Waals surface area contributed by atoms with Gasteiger partial charge in [0.2, 0.25) is 5.91 Å². The molecule has 0 aliphatic carbocycles. The zero-order valence-corrected chi connectivity index (χ0v) is 14.0. The molecule has 1 aliphatic heterocycles. The average Bonchev–Trinajstić information content (AvgIpc) is 2.67. The Bertz CT molecular complexity index is 759. The molecular weight excluding hydrogens is 320 g/mol. The van der Waals surface area contributed by atoms with Crippen LogP contribution in [0.15, 0.2) is 36.8 Å². The lowest BCUT2D eigenvalue weighted by atomic mass is 10.1. The summed E-state index contributed by atoms with van der Waals surface area (Å²) in [6.45, 7) is 4.08. The maximum Gasteiger partial charge on any atom is 0.252 e. The molecule has 2 amide bonds. The third-order valence-corrected chi connectivity index (χ3v) is 4.29. The van der Waals surface area contributed by atoms with Crippen molar-refractivity contribution in [2.75, 3.05) is 31.1 Å². The molecule has 0 radical (unpaired) electrons. The van der Waals surface area contributed by atoms with Gasteiger partial charge in [-0.1, -0.05) is 0 Å². The third kappa shape index (κ3) is 3.57. The Morgan fingerprint density at radius 1 is 1.04 bits per heavy atom. The third-order valence-electron chi connectivity index (χ3n) is 4.29. The van der Waals surface area contributed by atoms with E-state index in [0.717, 1.165) is 0 Å². The predicted octanol–water partition coefficient (Wildman–Crippen LogP) is 0.423. The first-order valence-electron chi connectivity index (χ1n) is 8.13. The van der Waals surface area contributed by atoms with Crippen LogP contribution in [0, 0.1) is 0 Å². The first-order valence-corrected chi connectivity index (χ1v) is 8.13. The van der Waals surface area contributed by atoms with Gasteiger partial charge in [-0.25, -0.2) is 15.0 Å². The minimum absolute atomic E-state index is 0.00185. The van der Waals surface area contributed by atoms with Gasteiger partial charge < -0.3 is 15.5 Å². The first kappa shape index (κ1) is 16.8. The second-order valence-electron chi connectivity index (χ2n) is 5.88. The minimum atomic E-state index is -0.503. The number of rotatable bonds is 4. The smallest absolute Gasteiger partial charge is 0.252 e. The van der Waals surface area contributed by atoms with Crippen molar-refractivity contribution >= 4 is 17.6 Å². The molecule has 0 saturated carbocycles. The summed E-state index contributed by atoms with van der Waals surface area (Å²) >= 11 is 0. The second-order valence-corrected chi connectivity index (χ2v) is 5.88. The molecule has 0 aromatic carbocycles. The van der Waals surface area contributed by atoms with E-state index in [1.165, 1.54) is 0 Å². The number of carbonyl (C=O) groups excluding carboxylic acids is 2. The standard InChI is InChI=1S/C17H20N6O2/c1-12(15-19-6-3-7-20-15)17(25)23-10-8-22(9-11-23)16-13(14(18)24)4-2-5-21-16/h2-7,12H,8-11H2,1H3,(H2,18,24). The van der Waals surface area contributed by atoms with E-state index in [-0.39, 0.29) is 11.8 Å². The number of hydrogen-bond donors (Lipinski definition) is 1. The number of amides is 2. The van der Waals surface area contributed by atoms with Crippen LogP contribution in [0.2, 0.25) is 0 Å². The van der Waals surface area contributed by atoms with Crippen LogP contribution in [0.4, 0.5) is 5.82 Å². The summed E-state index contributed by atoms with van der Waals surface area (Å²) in [5.41, 5.74) is 5.81. The molecule has 2 aromatic heterocycles. The van der Waals surface area contributed by atoms with Crippen molar-refractivity contribution in [1.82, 2.24) is 19.9 Å². The highest BCUT2D eigenvalue weighted by atomic mass is 16.2. The topological polar surface area (TPSA) is 105 Å². The summed E-state index contributed by atoms with van der Waals surface area (Å²) in [5.74, 6) is 0.208. The van der Waals surface area contributed by atoms with Gasteiger partial charge in [0, 0.05) is 44.8 Å². The first-order chi connectivity index (χ1) is 12.1. The van der Waals surface area contributed by atoms with Gasteiger partial charge in [-0.05, 0) is 25.1 Å². The Morgan fingerprint density at radius 3 is 2.32 bits per heavy atom. The Kier molecular flexibility index (Phi) is 4.87. The van der Waals surface area contributed by atoms with Gasteiger partial charge in [0.1, 0.15) is 11.6 Å². The summed E-state index contributed by atoms with van der Waals surface area (Å²) < 4.78 is 0. The number of aromatic nitrogens is 3. The van der Waals surface area contributed by atoms with Gasteiger partial charge >= 0.3 is 0 Å². The van der Waals surface area contributed by atoms with Crippen molar-refractivity contribution in [2.45, 2.75) is 12.8 Å². The van der Waals surface area contributed by atoms with Gasteiger partial charge in [-0.3, -0.25) is 9.59 Å². The number of nitrogens with zero attached hydrogens (tertiary/aromatic N) is 5. The van der Waals surface area contributed by atoms with Crippen molar-refractivity contribution in [2.24, 2.45) is 5.73 Å². The lowest BCUT2D eigenvalue weighted by Crippen LogP contribution is -2.50. The Balaban J connectivity index is 1.66. The molecule has 3 rings (SSSR count). The van der Waals surface area contributed by atoms with E-state index < -0.39 is 5.91 Å². The Labute approximate surface area is 145 Å². The summed E-state index contributed by atoms with van der Waals surface area (Å²) in [6, 6.07) is 5.07. The highest BCUT2D eigenvalue weighted by Crippen LogP contribution is 2.20. The largest absolute Gasteiger partial charge is 0.365 e. The van der Waals surface area contributed by atoms with Crippen LogP contribution in [-0.4, -0.2) is 57.8 Å². The van der Waals surface area contributed by atoms with Crippen LogP contribution in [0.1, 0.15) is 29.0 Å². The number of primary amides is 1. The molecule has 25 heavy (non-hydrogen) atoms. The number of anilines is 1. The minimum Gasteiger partial charge on any atom is -0.365 e. The molecule has 2 N–H and O–H groups in total. The lowest BCUT2D eigenvalue weighted by Gasteiger charge is -2.36. The fourth-order valence-electron chi connectivity index (χ4n) is 2.90. The molecule has 8 heteroatoms. The normalized spacial score (nSPS) is 15.7. The average molecular weight is 340 g/mol. The molecule has 130 valence electrons. The zero-order chi connectivity index (χ0) is 17.8. The molecule has 1 fully saturated rings. The number of hydrogen-bond acceptors (Lipinski definition) is 6. The zero-order valence-electron chi connectivity index (χ0n) is 14.0. The molecule has 1 atom stereocenters. The second kappa shape index (κ2) is 7.25. The maximum absolute atomic E-state index is 12.7. The van der Waals surface area contributed by atoms with Crippen molar-refractivity contribution in [3.05, 3.63) is 48.2 Å². The molecule has 1 saturated heterocycles. The van der Waals surface area contributed by atoms with Gasteiger partial charge in [0.05, 0.1) is 11.5 Å². The van der Waals surface area contributed by atoms with Crippen LogP contribution in [0.3, 0.4) is 0 Å². The van der Waals surface area contributed by atoms with Crippen LogP contribution in [0.5, 0.6) is 0 Å². The molecule has 0 bridgehead atoms. The fourth-order valence-corrected chi connectivity index (χ4v) is 2.90. The Hall–Kier alpha value is -3.03. The molecule has 1 aliphatic rings. The Morgan fingerprint density at radius 2 is 1.68 bits per heavy atom. The van der Waals surface area contributed by atoms with Crippen LogP contribution < -0.4 is 10.6 Å². The summed E-state index contributed by atoms with van der Waals surface area (Å²) in [6.07, 6.45) is 4.90. The summed E-state index contributed by atoms with van der Waals surface area (Å²) in [7, 11) is 0. The van der Waals surface area contributed by atoms with E-state index in [1.807, 2.05) is 11.8 Å². The summed E-state index contributed by atoms with van der Waals surface area (Å²) in [5, 5.41) is 0. The number of carbonyl (C=O) groups is 2. The van der Waals surface area contributed by atoms with Crippen molar-refractivity contribution < 1.29 is 9.59 Å². The molecule has 2 aromatic rings. The molecule has 1 unspecified atom stereocenters. The van der Waals surface area contributed by atoms with E-state index >= 15 is 0 Å². The summed E-state index contributed by atoms with van der Waals surface area (Å²) in [4.78, 5) is 40.6. The molecule has 3 heterocycles. The van der Waals surface area contributed by atoms with E-state index in [1.54, 1.807) is 41.7 Å². The highest BCUT2D eigenvalue weighted by molar-refractivity contribution is 5.97. The number of piperazine rings is 1. The highest BCUT2D eigenvalue weighted by Gasteiger charge is 2.28. The van der Waals surface area contributed by atoms with E-state index in [4.69, 9.17) is 5.73 Å². The fraction of sp³-hybridized carbons (Fsp3) is 0.353. The molecular formula is C17H20N6O2. The number of pyridine rings is 1. The number of nitrogens with two attached hydrogens (primary N) is 1. The van der Waals surface area contributed by atoms with Crippen molar-refractivity contribution in [3.8, 4) is 0 Å². The van der Waals surface area contributed by atoms with Crippen molar-refractivity contribution in [3.63, 3.8) is 0 Å². The van der Waals surface area contributed by atoms with Crippen LogP contribution >= 0.6 is 0 Å². The van der Waals surface area contributed by atoms with E-state index in [9.17, 15) is 9.59 Å². The molecule has 8 nitrogen and oxygen atoms in total. The van der Waals surface area contributed by atoms with E-state index in [0.29, 0.717) is 43.4 Å². The van der Waals surface area contributed by atoms with Gasteiger partial charge in [-0.15, -0.1) is 0 Å². The van der Waals surface area contributed by atoms with Crippen LogP contribution in [0.25, 0.3) is 0 Å². The van der Waals surface area contributed by atoms with Gasteiger partial charge in [0.25, 0.3) is 5.91 Å². The SMILES string of the molecule is CC(C(=O)N1CCN(c2ncccc2C(N)=O)CC1)c1ncccn1. The van der Waals surface area contributed by atoms with Crippen LogP contribution in [-0.2, 0) is 4.79 Å². The quantitative estimate of drug-likeness (QED) is 0.865. The maximum atomic E-state index is 12.7. The van der Waals surface area contributed by atoms with Gasteiger partial charge in [0.15, 0.2) is 0 Å². The van der Waals surface area contributed by atoms with Gasteiger partial charge in [-0.2, -0.15) is 0 Å². The molecule has 0 spiro atoms. The lowest BCUT2D eigenvalue weighted by molar-refractivity contribution is -0.132. The van der Waals surface area contributed by atoms with Crippen molar-refractivity contribution in [1.29, 1.82) is 0 Å². The monoisotopic (exact) mass is 340 g/mol. The van der Waals surface area contributed by atoms with E-state index in [2.05, 4.69) is 15.0 Å².